The van der Waals surface area contributed by atoms with Crippen molar-refractivity contribution in [2.75, 3.05) is 28.4 Å². The number of carbonyl (C=O) groups excluding carboxylic acids is 4. The molecule has 0 aliphatic heterocycles. The Morgan fingerprint density at radius 1 is 0.780 bits per heavy atom. The number of nitrogens with one attached hydrogen (secondary N) is 2. The average molecular weight is 614 g/mol. The fraction of sp³-hybridized carbons (Fsp3) is 0.448. The Kier molecular flexibility index (Phi) is 14.5. The predicted octanol–water partition coefficient (Wildman–Crippen LogP) is 4.16. The van der Waals surface area contributed by atoms with Crippen LogP contribution in [0.3, 0.4) is 0 Å². The second-order valence-corrected chi connectivity index (χ2v) is 10.5. The minimum absolute atomic E-state index is 0.0171. The normalized spacial score (nSPS) is 11.4. The van der Waals surface area contributed by atoms with Crippen LogP contribution in [0.25, 0.3) is 0 Å². The van der Waals surface area contributed by atoms with E-state index in [2.05, 4.69) is 20.1 Å². The topological polar surface area (TPSA) is 129 Å². The summed E-state index contributed by atoms with van der Waals surface area (Å²) in [5, 5.41) is 6.16. The lowest BCUT2D eigenvalue weighted by Crippen LogP contribution is -2.50. The molecule has 1 unspecified atom stereocenters. The fourth-order valence-corrected chi connectivity index (χ4v) is 4.14. The molecule has 0 heterocycles. The van der Waals surface area contributed by atoms with E-state index in [-0.39, 0.29) is 30.6 Å². The van der Waals surface area contributed by atoms with Gasteiger partial charge in [0.05, 0.1) is 41.3 Å². The lowest BCUT2D eigenvalue weighted by Gasteiger charge is -2.23. The number of hydrogen-bond acceptors (Lipinski definition) is 8. The van der Waals surface area contributed by atoms with Crippen molar-refractivity contribution in [2.24, 2.45) is 5.92 Å². The fourth-order valence-electron chi connectivity index (χ4n) is 3.67. The van der Waals surface area contributed by atoms with Crippen LogP contribution in [0.4, 0.5) is 0 Å². The van der Waals surface area contributed by atoms with E-state index < -0.39 is 23.5 Å². The lowest BCUT2D eigenvalue weighted by atomic mass is 10.0. The van der Waals surface area contributed by atoms with Gasteiger partial charge in [-0.15, -0.1) is 0 Å². The number of rotatable bonds is 11. The first kappa shape index (κ1) is 35.5. The number of methoxy groups -OCH3 is 4. The monoisotopic (exact) mass is 612 g/mol. The molecule has 0 aromatic heterocycles. The maximum absolute atomic E-state index is 12.1. The van der Waals surface area contributed by atoms with Gasteiger partial charge in [0.2, 0.25) is 11.8 Å². The van der Waals surface area contributed by atoms with E-state index in [4.69, 9.17) is 32.7 Å². The zero-order chi connectivity index (χ0) is 31.3. The van der Waals surface area contributed by atoms with Crippen molar-refractivity contribution in [3.8, 4) is 11.5 Å². The summed E-state index contributed by atoms with van der Waals surface area (Å²) in [6, 6.07) is 9.62. The maximum atomic E-state index is 12.1. The average Bonchev–Trinajstić information content (AvgIpc) is 2.92. The third-order valence-corrected chi connectivity index (χ3v) is 6.56. The van der Waals surface area contributed by atoms with Crippen LogP contribution in [0, 0.1) is 5.92 Å². The molecule has 0 spiro atoms. The molecule has 0 saturated carbocycles. The molecule has 0 aliphatic rings. The number of benzene rings is 2. The number of hydrogen-bond donors (Lipinski definition) is 2. The molecular formula is C29H38Cl2N2O8. The van der Waals surface area contributed by atoms with Gasteiger partial charge >= 0.3 is 11.9 Å². The Bertz CT molecular complexity index is 1220. The molecule has 2 aromatic rings. The zero-order valence-electron chi connectivity index (χ0n) is 24.6. The van der Waals surface area contributed by atoms with Gasteiger partial charge in [-0.1, -0.05) is 49.2 Å². The molecule has 0 aliphatic carbocycles. The molecule has 12 heteroatoms. The van der Waals surface area contributed by atoms with E-state index in [1.807, 2.05) is 13.8 Å². The Labute approximate surface area is 251 Å². The van der Waals surface area contributed by atoms with Gasteiger partial charge in [0.15, 0.2) is 0 Å². The molecule has 41 heavy (non-hydrogen) atoms. The third-order valence-electron chi connectivity index (χ3n) is 5.85. The van der Waals surface area contributed by atoms with E-state index in [1.54, 1.807) is 50.2 Å². The van der Waals surface area contributed by atoms with Crippen LogP contribution >= 0.6 is 23.2 Å². The summed E-state index contributed by atoms with van der Waals surface area (Å²) in [6.45, 7) is 6.80. The summed E-state index contributed by atoms with van der Waals surface area (Å²) in [6.07, 6.45) is 0.0479. The molecule has 1 atom stereocenters. The smallest absolute Gasteiger partial charge is 0.330 e. The van der Waals surface area contributed by atoms with Gasteiger partial charge in [0.1, 0.15) is 23.1 Å². The first-order chi connectivity index (χ1) is 19.2. The van der Waals surface area contributed by atoms with Crippen LogP contribution in [0.5, 0.6) is 11.5 Å². The molecule has 0 fully saturated rings. The van der Waals surface area contributed by atoms with Crippen LogP contribution in [0.2, 0.25) is 10.0 Å². The SMILES string of the molecule is COC(=O)C(C)(C)NC(=O)Cc1c(Cl)cccc1OC.COC(=O)C(NC(=O)Cc1c(Cl)cccc1OC)C(C)C. The number of carbonyl (C=O) groups is 4. The molecular weight excluding hydrogens is 575 g/mol. The number of halogens is 2. The van der Waals surface area contributed by atoms with Gasteiger partial charge in [-0.25, -0.2) is 9.59 Å². The number of amides is 2. The standard InChI is InChI=1S/C15H20ClNO4.C14H18ClNO4/c1-9(2)14(15(19)21-4)17-13(18)8-10-11(16)6-5-7-12(10)20-3;1-14(2,13(18)20-4)16-12(17)8-9-10(15)6-5-7-11(9)19-3/h5-7,9,14H,8H2,1-4H3,(H,17,18);5-7H,8H2,1-4H3,(H,16,17). The van der Waals surface area contributed by atoms with E-state index in [1.165, 1.54) is 28.4 Å². The quantitative estimate of drug-likeness (QED) is 0.362. The van der Waals surface area contributed by atoms with E-state index in [0.717, 1.165) is 0 Å². The highest BCUT2D eigenvalue weighted by Crippen LogP contribution is 2.27. The zero-order valence-corrected chi connectivity index (χ0v) is 26.1. The Morgan fingerprint density at radius 3 is 1.63 bits per heavy atom. The van der Waals surface area contributed by atoms with Gasteiger partial charge in [0.25, 0.3) is 0 Å². The van der Waals surface area contributed by atoms with E-state index in [9.17, 15) is 19.2 Å². The van der Waals surface area contributed by atoms with Gasteiger partial charge in [-0.05, 0) is 44.0 Å². The summed E-state index contributed by atoms with van der Waals surface area (Å²) in [5.41, 5.74) is 0.0710. The van der Waals surface area contributed by atoms with Crippen LogP contribution in [-0.2, 0) is 41.5 Å². The molecule has 2 rings (SSSR count). The van der Waals surface area contributed by atoms with Crippen molar-refractivity contribution in [2.45, 2.75) is 52.1 Å². The molecule has 2 aromatic carbocycles. The van der Waals surface area contributed by atoms with Gasteiger partial charge < -0.3 is 29.6 Å². The highest BCUT2D eigenvalue weighted by molar-refractivity contribution is 6.32. The first-order valence-electron chi connectivity index (χ1n) is 12.6. The van der Waals surface area contributed by atoms with Crippen LogP contribution in [0.1, 0.15) is 38.8 Å². The summed E-state index contributed by atoms with van der Waals surface area (Å²) >= 11 is 12.2. The summed E-state index contributed by atoms with van der Waals surface area (Å²) < 4.78 is 19.7. The van der Waals surface area contributed by atoms with Crippen molar-refractivity contribution in [1.82, 2.24) is 10.6 Å². The molecule has 226 valence electrons. The lowest BCUT2D eigenvalue weighted by molar-refractivity contribution is -0.149. The van der Waals surface area contributed by atoms with Crippen molar-refractivity contribution in [3.63, 3.8) is 0 Å². The summed E-state index contributed by atoms with van der Waals surface area (Å²) in [5.74, 6) is -0.645. The minimum atomic E-state index is -1.10. The summed E-state index contributed by atoms with van der Waals surface area (Å²) in [7, 11) is 5.58. The second-order valence-electron chi connectivity index (χ2n) is 9.67. The third kappa shape index (κ3) is 10.8. The van der Waals surface area contributed by atoms with Gasteiger partial charge in [-0.2, -0.15) is 0 Å². The molecule has 2 N–H and O–H groups in total. The second kappa shape index (κ2) is 16.7. The Hall–Kier alpha value is -3.50. The highest BCUT2D eigenvalue weighted by atomic mass is 35.5. The summed E-state index contributed by atoms with van der Waals surface area (Å²) in [4.78, 5) is 47.3. The molecule has 0 bridgehead atoms. The molecule has 0 saturated heterocycles. The largest absolute Gasteiger partial charge is 0.496 e. The van der Waals surface area contributed by atoms with Crippen LogP contribution in [-0.4, -0.2) is 63.8 Å². The Morgan fingerprint density at radius 2 is 1.24 bits per heavy atom. The maximum Gasteiger partial charge on any atom is 0.330 e. The van der Waals surface area contributed by atoms with Crippen molar-refractivity contribution < 1.29 is 38.1 Å². The number of esters is 2. The van der Waals surface area contributed by atoms with Crippen molar-refractivity contribution in [3.05, 3.63) is 57.6 Å². The van der Waals surface area contributed by atoms with Gasteiger partial charge in [0, 0.05) is 21.2 Å². The number of ether oxygens (including phenoxy) is 4. The van der Waals surface area contributed by atoms with Crippen molar-refractivity contribution >= 4 is 47.0 Å². The molecule has 2 amide bonds. The Balaban J connectivity index is 0.000000410. The van der Waals surface area contributed by atoms with E-state index >= 15 is 0 Å². The highest BCUT2D eigenvalue weighted by Gasteiger charge is 2.31. The molecule has 0 radical (unpaired) electrons. The van der Waals surface area contributed by atoms with Crippen LogP contribution < -0.4 is 20.1 Å². The first-order valence-corrected chi connectivity index (χ1v) is 13.4. The molecule has 10 nitrogen and oxygen atoms in total. The van der Waals surface area contributed by atoms with Crippen LogP contribution in [0.15, 0.2) is 36.4 Å². The van der Waals surface area contributed by atoms with Crippen molar-refractivity contribution in [1.29, 1.82) is 0 Å². The minimum Gasteiger partial charge on any atom is -0.496 e. The van der Waals surface area contributed by atoms with Gasteiger partial charge in [-0.3, -0.25) is 9.59 Å². The predicted molar refractivity (Wildman–Crippen MR) is 156 cm³/mol. The van der Waals surface area contributed by atoms with E-state index in [0.29, 0.717) is 32.7 Å².